The number of halogens is 2. The van der Waals surface area contributed by atoms with E-state index in [0.29, 0.717) is 42.5 Å². The van der Waals surface area contributed by atoms with E-state index in [9.17, 15) is 28.8 Å². The van der Waals surface area contributed by atoms with Gasteiger partial charge in [0.1, 0.15) is 95.1 Å². The van der Waals surface area contributed by atoms with Crippen molar-refractivity contribution in [2.24, 2.45) is 11.6 Å². The highest BCUT2D eigenvalue weighted by Crippen LogP contribution is 2.51. The van der Waals surface area contributed by atoms with Gasteiger partial charge in [-0.1, -0.05) is 107 Å². The number of aliphatic hydroxyl groups is 6. The maximum atomic E-state index is 17.3. The van der Waals surface area contributed by atoms with Crippen LogP contribution >= 0.6 is 30.8 Å². The van der Waals surface area contributed by atoms with E-state index in [4.69, 9.17) is 122 Å². The smallest absolute Gasteiger partial charge is 0.339 e. The Kier molecular flexibility index (Phi) is 22.4. The van der Waals surface area contributed by atoms with Crippen LogP contribution in [-0.2, 0) is 63.7 Å². The molecule has 121 heavy (non-hydrogen) atoms. The predicted molar refractivity (Wildman–Crippen MR) is 432 cm³/mol. The number of amides is 7. The normalized spacial score (nSPS) is 29.8. The van der Waals surface area contributed by atoms with Crippen LogP contribution < -0.4 is 73.0 Å². The maximum absolute atomic E-state index is 17.3. The molecule has 7 aliphatic rings. The van der Waals surface area contributed by atoms with E-state index in [1.54, 1.807) is 13.8 Å². The van der Waals surface area contributed by atoms with Gasteiger partial charge in [-0.2, -0.15) is 0 Å². The monoisotopic (exact) mass is 1780 g/mol. The first kappa shape index (κ1) is 65.5. The molecule has 41 heteroatoms. The van der Waals surface area contributed by atoms with Crippen molar-refractivity contribution < 1.29 is 149 Å². The molecule has 11 bridgehead atoms. The number of nitrogens with two attached hydrogens (primary N) is 1. The van der Waals surface area contributed by atoms with Gasteiger partial charge in [-0.15, -0.1) is 0 Å². The number of carboxylic acids is 1. The molecule has 0 saturated carbocycles. The summed E-state index contributed by atoms with van der Waals surface area (Å²) in [5.74, 6) is -23.8. The number of nitrogens with one attached hydrogen (secondary N) is 10. The van der Waals surface area contributed by atoms with Gasteiger partial charge in [-0.3, -0.25) is 38.1 Å². The first-order valence-electron chi connectivity index (χ1n) is 49.0. The number of ether oxygens (including phenoxy) is 6. The molecule has 5 aromatic rings. The summed E-state index contributed by atoms with van der Waals surface area (Å²) in [7, 11) is -3.84. The number of unbranched alkanes of at least 4 members (excludes halogenated alkanes) is 7. The highest BCUT2D eigenvalue weighted by atomic mass is 35.5. The first-order valence-corrected chi connectivity index (χ1v) is 41.3. The SMILES string of the molecule is [2H]OC[C@H]1O[C@@H](Oc2c3cc4cc2Oc2ccc(cc2Cl)[C@@H](O[2H])[C@@H](N([2H])C(=O)[C@@H](CC(C)C)N([2H])C)C(=O)N([2H])[C@@H](CC(=O)N([2H])[2H])C(=O)N([2H])[C@H]4C(=O)N([2H])[C@H]2C(=O)N([2H])[C@H](C(=O)N([2H])[C@@H](C(=O)O[2H])c4cc(O[2H])c(CN([2H])CP(=O)(O[2H])O[2H])c(O[2H])c4-c4cc2ccc4O[2H])[C@H](O[2H])c2ccc(c(Cl)c2)O3)[C@H](O[C@H]2C[C@](C)(N([2H])CCN([2H])CCCCCCCCCC)[C@H](O[2H])[C@H](C)O2)[C@@H](O[2H])[C@@H]1O[2H]. The van der Waals surface area contributed by atoms with Gasteiger partial charge < -0.3 is 148 Å². The fourth-order valence-electron chi connectivity index (χ4n) is 14.3. The van der Waals surface area contributed by atoms with Crippen LogP contribution in [0.2, 0.25) is 27.0 Å². The first-order chi connectivity index (χ1) is 68.8. The van der Waals surface area contributed by atoms with Crippen molar-refractivity contribution in [2.75, 3.05) is 39.6 Å². The Balaban J connectivity index is 1.31. The summed E-state index contributed by atoms with van der Waals surface area (Å²) < 4.78 is 264. The molecule has 7 aliphatic heterocycles. The van der Waals surface area contributed by atoms with Crippen molar-refractivity contribution in [3.63, 3.8) is 0 Å². The summed E-state index contributed by atoms with van der Waals surface area (Å²) in [5.41, 5.74) is -9.10. The zero-order valence-electron chi connectivity index (χ0n) is 90.0. The summed E-state index contributed by atoms with van der Waals surface area (Å²) in [6.45, 7) is 6.40. The number of hydrogen-bond acceptors (Lipinski definition) is 31. The van der Waals surface area contributed by atoms with Crippen LogP contribution in [0.5, 0.6) is 46.0 Å². The molecule has 7 amide bonds. The van der Waals surface area contributed by atoms with E-state index in [1.807, 2.05) is 0 Å². The summed E-state index contributed by atoms with van der Waals surface area (Å²) in [4.78, 5) is 134. The third kappa shape index (κ3) is 23.0. The summed E-state index contributed by atoms with van der Waals surface area (Å²) >= 11 is 14.6. The number of rotatable bonds is 41. The zero-order chi connectivity index (χ0) is 107. The second kappa shape index (κ2) is 41.4. The third-order valence-electron chi connectivity index (χ3n) is 20.7. The number of primary amides is 1. The number of benzene rings is 5. The molecular formula is C80H106Cl2N11O27P. The summed E-state index contributed by atoms with van der Waals surface area (Å²) in [5, 5.41) is 49.9. The molecule has 18 atom stereocenters. The average molecular weight is 1780 g/mol. The number of hydrogen-bond donors (Lipinski definition) is 23. The Morgan fingerprint density at radius 2 is 1.42 bits per heavy atom. The molecule has 662 valence electrons. The fourth-order valence-corrected chi connectivity index (χ4v) is 15.1. The Hall–Kier alpha value is -9.13. The molecule has 12 rings (SSSR count). The molecule has 0 radical (unpaired) electrons. The minimum absolute atomic E-state index is 0.0106. The van der Waals surface area contributed by atoms with E-state index in [-0.39, 0.29) is 30.1 Å². The minimum atomic E-state index is -4.93. The summed E-state index contributed by atoms with van der Waals surface area (Å²) in [6.07, 6.45) is -15.4. The van der Waals surface area contributed by atoms with Gasteiger partial charge in [0.25, 0.3) is 5.72 Å². The maximum Gasteiger partial charge on any atom is 0.339 e. The van der Waals surface area contributed by atoms with E-state index >= 15 is 24.0 Å². The summed E-state index contributed by atoms with van der Waals surface area (Å²) in [6, 6.07) is -10.5. The molecule has 2 fully saturated rings. The van der Waals surface area contributed by atoms with Crippen molar-refractivity contribution in [1.82, 2.24) is 53.1 Å². The molecule has 5 aromatic carbocycles. The van der Waals surface area contributed by atoms with Gasteiger partial charge in [0.05, 0.1) is 53.2 Å². The lowest BCUT2D eigenvalue weighted by Gasteiger charge is -2.48. The molecule has 0 spiro atoms. The second-order valence-electron chi connectivity index (χ2n) is 30.2. The van der Waals surface area contributed by atoms with Crippen LogP contribution in [0, 0.1) is 5.92 Å². The van der Waals surface area contributed by atoms with Crippen molar-refractivity contribution in [3.05, 3.63) is 116 Å². The van der Waals surface area contributed by atoms with E-state index in [1.165, 1.54) is 19.2 Å². The molecule has 0 aliphatic carbocycles. The molecule has 24 N–H and O–H groups in total. The Morgan fingerprint density at radius 1 is 0.736 bits per heavy atom. The Labute approximate surface area is 741 Å². The lowest BCUT2D eigenvalue weighted by atomic mass is 9.85. The number of carboxylic acid groups (broad SMARTS) is 1. The van der Waals surface area contributed by atoms with Gasteiger partial charge in [0.15, 0.2) is 41.2 Å². The molecule has 0 aromatic heterocycles. The highest BCUT2D eigenvalue weighted by molar-refractivity contribution is 7.51. The van der Waals surface area contributed by atoms with Crippen LogP contribution in [0.25, 0.3) is 12.6 Å². The van der Waals surface area contributed by atoms with Crippen LogP contribution in [0.1, 0.15) is 169 Å². The number of likely N-dealkylation sites (N-methyl/N-ethyl adjacent to an activating group) is 1. The lowest BCUT2D eigenvalue weighted by molar-refractivity contribution is -0.334. The van der Waals surface area contributed by atoms with Gasteiger partial charge in [0.2, 0.25) is 64.8 Å². The Morgan fingerprint density at radius 3 is 2.06 bits per heavy atom. The zero-order valence-corrected chi connectivity index (χ0v) is 68.4. The number of fused-ring (bicyclic) bond motifs is 15. The van der Waals surface area contributed by atoms with Crippen LogP contribution in [-0.4, -0.2) is 242 Å². The van der Waals surface area contributed by atoms with E-state index < -0.39 is 335 Å². The minimum Gasteiger partial charge on any atom is -0.507 e. The van der Waals surface area contributed by atoms with Crippen molar-refractivity contribution >= 4 is 78.1 Å². The van der Waals surface area contributed by atoms with E-state index in [2.05, 4.69) is 21.8 Å². The standard InChI is InChI=1S/C80H106Cl2N11O27P/c1-7-8-9-10-11-12-13-14-21-85-22-23-87-80(5)32-57(115-37(4)71(80)103)119-70-68(102)67(101)55(34-94)118-79(70)120-69-53-28-41-29-54(69)117-52-20-17-40(27-46(52)82)65(99)63-77(109)91-61(78(110)111)43-30-50(96)44(33-86-35-121(112,113)114)66(100)58(43)42-25-38(15-18-49(42)95)59(74(106)93-63)90-75(107)60(41)89-73(105)48(31-56(83)97)88-76(108)62(92-72(104)47(84-6)24-36(2)3)64(98)39-16-19-51(116-53)45(81)26-39/h15-20,25-30,36-37,47-48,55,57,59-65,67-68,70-71,79,84-87,94-96,98-103H,7-14,21-24,31-35H2,1-6H3,(H2,83,97)(H,88,108)(H,89,105)(H,90,107)(H,91,109)(H,92,104)(H,93,106)(H,110,111)(H2,112,113,114)/t37-,47+,48-,55+,57-,59+,60+,61+,62+,63-,64+,65+,67+,68-,70+,71+,79-,80-/m0/s1/i94D,98D,99D,101D,102D,103D/hD18. The van der Waals surface area contributed by atoms with Crippen LogP contribution in [0.3, 0.4) is 0 Å². The molecule has 0 unspecified atom stereocenters. The van der Waals surface area contributed by atoms with Crippen LogP contribution in [0.15, 0.2) is 72.8 Å². The lowest BCUT2D eigenvalue weighted by Crippen LogP contribution is -2.65. The topological polar surface area (TPSA) is 598 Å². The Bertz CT molecular complexity index is 5410. The largest absolute Gasteiger partial charge is 0.507 e. The third-order valence-corrected chi connectivity index (χ3v) is 21.8. The van der Waals surface area contributed by atoms with Crippen molar-refractivity contribution in [1.29, 1.82) is 17.2 Å². The van der Waals surface area contributed by atoms with Gasteiger partial charge in [-0.05, 0) is 123 Å². The average Bonchev–Trinajstić information content (AvgIpc) is 0.730. The number of aromatic hydroxyl groups is 3. The number of aliphatic hydroxyl groups excluding tert-OH is 6. The van der Waals surface area contributed by atoms with Gasteiger partial charge >= 0.3 is 13.6 Å². The molecular weight excluding hydrogens is 1650 g/mol. The van der Waals surface area contributed by atoms with Crippen LogP contribution in [0.4, 0.5) is 0 Å². The van der Waals surface area contributed by atoms with Crippen molar-refractivity contribution in [2.45, 2.75) is 221 Å². The fraction of sp³-hybridized carbons (Fsp3) is 0.525. The number of carbonyl (C=O) groups is 8. The second-order valence-corrected chi connectivity index (χ2v) is 32.5. The predicted octanol–water partition coefficient (Wildman–Crippen LogP) is 2.69. The number of carbonyl (C=O) groups excluding carboxylic acids is 7. The van der Waals surface area contributed by atoms with E-state index in [0.717, 1.165) is 106 Å². The molecule has 2 saturated heterocycles. The van der Waals surface area contributed by atoms with Gasteiger partial charge in [-0.25, -0.2) is 4.79 Å². The quantitative estimate of drug-likeness (QED) is 0.0197. The van der Waals surface area contributed by atoms with Gasteiger partial charge in [0, 0.05) is 48.3 Å². The highest BCUT2D eigenvalue weighted by Gasteiger charge is 2.52. The number of phenols is 3. The molecule has 38 nitrogen and oxygen atoms in total. The van der Waals surface area contributed by atoms with Crippen molar-refractivity contribution in [3.8, 4) is 57.1 Å². The number of phenolic OH excluding ortho intramolecular Hbond substituents is 3. The molecule has 7 heterocycles. The number of aliphatic carboxylic acids is 1.